The van der Waals surface area contributed by atoms with Gasteiger partial charge in [0.2, 0.25) is 0 Å². The number of benzene rings is 2. The van der Waals surface area contributed by atoms with Crippen LogP contribution < -0.4 is 4.90 Å². The Labute approximate surface area is 142 Å². The van der Waals surface area contributed by atoms with Crippen LogP contribution in [0.15, 0.2) is 36.4 Å². The molecule has 0 aliphatic carbocycles. The molecular weight excluding hydrogens is 357 g/mol. The van der Waals surface area contributed by atoms with Gasteiger partial charge in [-0.15, -0.1) is 0 Å². The van der Waals surface area contributed by atoms with E-state index in [1.165, 1.54) is 24.3 Å². The van der Waals surface area contributed by atoms with Crippen molar-refractivity contribution in [2.75, 3.05) is 4.90 Å². The summed E-state index contributed by atoms with van der Waals surface area (Å²) in [7, 11) is 0. The fourth-order valence-electron chi connectivity index (χ4n) is 2.76. The lowest BCUT2D eigenvalue weighted by Crippen LogP contribution is -2.27. The van der Waals surface area contributed by atoms with Gasteiger partial charge in [0.15, 0.2) is 11.4 Å². The number of hydrogen-bond acceptors (Lipinski definition) is 5. The minimum Gasteiger partial charge on any atom is -0.507 e. The number of alkyl halides is 3. The van der Waals surface area contributed by atoms with Gasteiger partial charge in [-0.25, -0.2) is 4.98 Å². The van der Waals surface area contributed by atoms with Gasteiger partial charge < -0.3 is 10.2 Å². The van der Waals surface area contributed by atoms with Crippen LogP contribution in [0, 0.1) is 0 Å². The Balaban J connectivity index is 1.81. The first-order valence-corrected chi connectivity index (χ1v) is 7.90. The van der Waals surface area contributed by atoms with Gasteiger partial charge in [-0.05, 0) is 24.3 Å². The number of aromatic nitrogens is 1. The second kappa shape index (κ2) is 5.17. The molecule has 1 amide bonds. The lowest BCUT2D eigenvalue weighted by atomic mass is 10.1. The number of carbonyl (C=O) groups excluding carboxylic acids is 1. The maximum absolute atomic E-state index is 12.8. The Kier molecular flexibility index (Phi) is 3.28. The Morgan fingerprint density at radius 1 is 1.20 bits per heavy atom. The molecule has 0 spiro atoms. The molecule has 0 radical (unpaired) electrons. The third kappa shape index (κ3) is 2.35. The van der Waals surface area contributed by atoms with Crippen molar-refractivity contribution in [3.8, 4) is 5.75 Å². The normalized spacial score (nSPS) is 17.4. The van der Waals surface area contributed by atoms with Crippen molar-refractivity contribution in [3.63, 3.8) is 0 Å². The van der Waals surface area contributed by atoms with E-state index in [1.807, 2.05) is 0 Å². The van der Waals surface area contributed by atoms with Gasteiger partial charge in [0, 0.05) is 5.56 Å². The van der Waals surface area contributed by atoms with Crippen LogP contribution in [0.5, 0.6) is 5.75 Å². The molecule has 25 heavy (non-hydrogen) atoms. The summed E-state index contributed by atoms with van der Waals surface area (Å²) in [5.74, 6) is -0.930. The van der Waals surface area contributed by atoms with Gasteiger partial charge in [-0.1, -0.05) is 23.5 Å². The number of carbonyl (C=O) groups is 1. The summed E-state index contributed by atoms with van der Waals surface area (Å²) in [6, 6.07) is 7.38. The van der Waals surface area contributed by atoms with Crippen LogP contribution >= 0.6 is 11.3 Å². The Morgan fingerprint density at radius 3 is 2.64 bits per heavy atom. The standard InChI is InChI=1S/C16H9F3N2O3S/c17-16(18,19)7-4-5-9-11(6-7)25-15(20-9)21-13(23)8-2-1-3-10(22)12(8)14(21)24/h1-6,13,22-23H. The Morgan fingerprint density at radius 2 is 1.96 bits per heavy atom. The minimum absolute atomic E-state index is 0.0368. The van der Waals surface area contributed by atoms with Gasteiger partial charge in [0.1, 0.15) is 5.75 Å². The van der Waals surface area contributed by atoms with E-state index in [0.29, 0.717) is 0 Å². The molecule has 128 valence electrons. The number of nitrogens with zero attached hydrogens (tertiary/aromatic N) is 2. The number of phenols is 1. The number of thiazole rings is 1. The van der Waals surface area contributed by atoms with Crippen molar-refractivity contribution in [2.24, 2.45) is 0 Å². The second-order valence-electron chi connectivity index (χ2n) is 5.47. The monoisotopic (exact) mass is 366 g/mol. The fourth-order valence-corrected chi connectivity index (χ4v) is 3.79. The molecule has 1 aliphatic heterocycles. The predicted octanol–water partition coefficient (Wildman–Crippen LogP) is 3.67. The topological polar surface area (TPSA) is 73.7 Å². The molecule has 2 heterocycles. The average molecular weight is 366 g/mol. The van der Waals surface area contributed by atoms with Crippen LogP contribution in [0.2, 0.25) is 0 Å². The van der Waals surface area contributed by atoms with E-state index in [9.17, 15) is 28.2 Å². The number of aromatic hydroxyl groups is 1. The quantitative estimate of drug-likeness (QED) is 0.689. The smallest absolute Gasteiger partial charge is 0.416 e. The highest BCUT2D eigenvalue weighted by molar-refractivity contribution is 7.22. The van der Waals surface area contributed by atoms with Crippen LogP contribution in [0.4, 0.5) is 18.3 Å². The zero-order chi connectivity index (χ0) is 17.9. The molecule has 0 saturated carbocycles. The number of anilines is 1. The molecule has 1 aliphatic rings. The van der Waals surface area contributed by atoms with Gasteiger partial charge >= 0.3 is 6.18 Å². The highest BCUT2D eigenvalue weighted by atomic mass is 32.1. The van der Waals surface area contributed by atoms with Gasteiger partial charge in [-0.2, -0.15) is 13.2 Å². The molecule has 0 bridgehead atoms. The molecule has 0 fully saturated rings. The lowest BCUT2D eigenvalue weighted by Gasteiger charge is -2.16. The third-order valence-electron chi connectivity index (χ3n) is 3.94. The van der Waals surface area contributed by atoms with Crippen LogP contribution in [-0.2, 0) is 6.18 Å². The highest BCUT2D eigenvalue weighted by Gasteiger charge is 2.40. The largest absolute Gasteiger partial charge is 0.507 e. The third-order valence-corrected chi connectivity index (χ3v) is 4.96. The van der Waals surface area contributed by atoms with Crippen LogP contribution in [0.1, 0.15) is 27.7 Å². The lowest BCUT2D eigenvalue weighted by molar-refractivity contribution is -0.137. The van der Waals surface area contributed by atoms with Gasteiger partial charge in [0.25, 0.3) is 5.91 Å². The van der Waals surface area contributed by atoms with Crippen LogP contribution in [-0.4, -0.2) is 21.1 Å². The maximum atomic E-state index is 12.8. The van der Waals surface area contributed by atoms with E-state index in [1.54, 1.807) is 0 Å². The molecule has 0 saturated heterocycles. The zero-order valence-electron chi connectivity index (χ0n) is 12.3. The van der Waals surface area contributed by atoms with Crippen molar-refractivity contribution >= 4 is 32.6 Å². The van der Waals surface area contributed by atoms with E-state index < -0.39 is 23.9 Å². The molecular formula is C16H9F3N2O3S. The number of aliphatic hydroxyl groups is 1. The summed E-state index contributed by atoms with van der Waals surface area (Å²) in [6.45, 7) is 0. The number of amides is 1. The van der Waals surface area contributed by atoms with Crippen LogP contribution in [0.3, 0.4) is 0 Å². The van der Waals surface area contributed by atoms with Crippen molar-refractivity contribution in [1.82, 2.24) is 4.98 Å². The summed E-state index contributed by atoms with van der Waals surface area (Å²) in [5, 5.41) is 20.3. The summed E-state index contributed by atoms with van der Waals surface area (Å²) >= 11 is 0.861. The highest BCUT2D eigenvalue weighted by Crippen LogP contribution is 2.42. The average Bonchev–Trinajstić information content (AvgIpc) is 3.06. The van der Waals surface area contributed by atoms with Crippen LogP contribution in [0.25, 0.3) is 10.2 Å². The summed E-state index contributed by atoms with van der Waals surface area (Å²) in [4.78, 5) is 17.6. The van der Waals surface area contributed by atoms with E-state index in [-0.39, 0.29) is 32.2 Å². The first-order valence-electron chi connectivity index (χ1n) is 7.08. The molecule has 2 N–H and O–H groups in total. The first kappa shape index (κ1) is 15.9. The Hall–Kier alpha value is -2.65. The predicted molar refractivity (Wildman–Crippen MR) is 84.5 cm³/mol. The van der Waals surface area contributed by atoms with E-state index in [0.717, 1.165) is 28.4 Å². The summed E-state index contributed by atoms with van der Waals surface area (Å²) in [5.41, 5.74) is -0.344. The number of rotatable bonds is 1. The number of hydrogen-bond donors (Lipinski definition) is 2. The Bertz CT molecular complexity index is 1020. The molecule has 9 heteroatoms. The maximum Gasteiger partial charge on any atom is 0.416 e. The molecule has 2 aromatic carbocycles. The fraction of sp³-hybridized carbons (Fsp3) is 0.125. The van der Waals surface area contributed by atoms with Gasteiger partial charge in [-0.3, -0.25) is 9.69 Å². The van der Waals surface area contributed by atoms with Gasteiger partial charge in [0.05, 0.1) is 21.3 Å². The zero-order valence-corrected chi connectivity index (χ0v) is 13.1. The molecule has 3 aromatic rings. The molecule has 1 unspecified atom stereocenters. The van der Waals surface area contributed by atoms with E-state index >= 15 is 0 Å². The molecule has 1 atom stereocenters. The van der Waals surface area contributed by atoms with Crippen molar-refractivity contribution in [1.29, 1.82) is 0 Å². The SMILES string of the molecule is O=C1c2c(O)cccc2C(O)N1c1nc2ccc(C(F)(F)F)cc2s1. The summed E-state index contributed by atoms with van der Waals surface area (Å²) < 4.78 is 38.7. The minimum atomic E-state index is -4.48. The van der Waals surface area contributed by atoms with Crippen molar-refractivity contribution < 1.29 is 28.2 Å². The van der Waals surface area contributed by atoms with E-state index in [4.69, 9.17) is 0 Å². The van der Waals surface area contributed by atoms with E-state index in [2.05, 4.69) is 4.98 Å². The van der Waals surface area contributed by atoms with Crippen molar-refractivity contribution in [2.45, 2.75) is 12.4 Å². The molecule has 4 rings (SSSR count). The number of halogens is 3. The number of aliphatic hydroxyl groups excluding tert-OH is 1. The first-order chi connectivity index (χ1) is 11.8. The summed E-state index contributed by atoms with van der Waals surface area (Å²) in [6.07, 6.45) is -5.85. The number of phenolic OH excluding ortho intramolecular Hbond substituents is 1. The van der Waals surface area contributed by atoms with Crippen molar-refractivity contribution in [3.05, 3.63) is 53.1 Å². The second-order valence-corrected chi connectivity index (χ2v) is 6.48. The molecule has 5 nitrogen and oxygen atoms in total. The molecule has 1 aromatic heterocycles. The number of fused-ring (bicyclic) bond motifs is 2.